The molecule has 0 aromatic rings. The van der Waals surface area contributed by atoms with Crippen LogP contribution in [0, 0.1) is 0 Å². The monoisotopic (exact) mass is 197 g/mol. The summed E-state index contributed by atoms with van der Waals surface area (Å²) in [5.41, 5.74) is 3.36. The van der Waals surface area contributed by atoms with E-state index in [1.54, 1.807) is 0 Å². The molecule has 2 aliphatic rings. The van der Waals surface area contributed by atoms with Crippen molar-refractivity contribution in [1.82, 2.24) is 10.6 Å². The van der Waals surface area contributed by atoms with Gasteiger partial charge in [-0.25, -0.2) is 14.8 Å². The number of amidine groups is 1. The van der Waals surface area contributed by atoms with Gasteiger partial charge in [0.1, 0.15) is 0 Å². The Balaban J connectivity index is 2.55. The Morgan fingerprint density at radius 1 is 1.71 bits per heavy atom. The third kappa shape index (κ3) is 0.852. The summed E-state index contributed by atoms with van der Waals surface area (Å²) in [7, 11) is 0. The van der Waals surface area contributed by atoms with E-state index in [1.165, 1.54) is 0 Å². The number of aliphatic imine (C=N–C) groups is 2. The fourth-order valence-corrected chi connectivity index (χ4v) is 1.32. The van der Waals surface area contributed by atoms with Crippen LogP contribution in [0.15, 0.2) is 9.98 Å². The molecule has 1 amide bonds. The highest BCUT2D eigenvalue weighted by Crippen LogP contribution is 2.20. The first-order valence-electron chi connectivity index (χ1n) is 3.76. The van der Waals surface area contributed by atoms with Crippen LogP contribution in [0.2, 0.25) is 0 Å². The van der Waals surface area contributed by atoms with Crippen molar-refractivity contribution in [3.8, 4) is 0 Å². The molecule has 2 aliphatic heterocycles. The molecule has 0 aliphatic carbocycles. The first-order valence-corrected chi connectivity index (χ1v) is 3.76. The predicted octanol–water partition coefficient (Wildman–Crippen LogP) is -2.79. The molecule has 8 heteroatoms. The van der Waals surface area contributed by atoms with Gasteiger partial charge in [-0.05, 0) is 0 Å². The zero-order valence-corrected chi connectivity index (χ0v) is 6.89. The summed E-state index contributed by atoms with van der Waals surface area (Å²) in [6.45, 7) is 0. The lowest BCUT2D eigenvalue weighted by Gasteiger charge is -2.27. The number of hydrogen-bond acceptors (Lipinski definition) is 6. The van der Waals surface area contributed by atoms with Gasteiger partial charge in [0.05, 0.1) is 6.34 Å². The highest BCUT2D eigenvalue weighted by Gasteiger charge is 2.56. The summed E-state index contributed by atoms with van der Waals surface area (Å²) < 4.78 is 0. The summed E-state index contributed by atoms with van der Waals surface area (Å²) in [5.74, 6) is -2.23. The Morgan fingerprint density at radius 2 is 2.43 bits per heavy atom. The van der Waals surface area contributed by atoms with Crippen LogP contribution >= 0.6 is 0 Å². The minimum absolute atomic E-state index is 0.0544. The number of carboxylic acid groups (broad SMARTS) is 1. The molecular formula is C6H7N5O3. The molecule has 0 spiro atoms. The second-order valence-electron chi connectivity index (χ2n) is 2.81. The molecule has 2 heterocycles. The van der Waals surface area contributed by atoms with Gasteiger partial charge in [-0.1, -0.05) is 0 Å². The highest BCUT2D eigenvalue weighted by atomic mass is 16.4. The Morgan fingerprint density at radius 3 is 3.07 bits per heavy atom. The van der Waals surface area contributed by atoms with Crippen LogP contribution in [0.25, 0.3) is 0 Å². The van der Waals surface area contributed by atoms with E-state index in [-0.39, 0.29) is 5.84 Å². The zero-order chi connectivity index (χ0) is 10.3. The first-order chi connectivity index (χ1) is 6.57. The molecule has 0 fully saturated rings. The van der Waals surface area contributed by atoms with E-state index in [4.69, 9.17) is 10.8 Å². The second-order valence-corrected chi connectivity index (χ2v) is 2.81. The molecule has 2 atom stereocenters. The van der Waals surface area contributed by atoms with Crippen LogP contribution in [0.4, 0.5) is 0 Å². The van der Waals surface area contributed by atoms with Gasteiger partial charge in [-0.3, -0.25) is 10.5 Å². The van der Waals surface area contributed by atoms with Crippen LogP contribution in [0.1, 0.15) is 0 Å². The van der Waals surface area contributed by atoms with E-state index in [2.05, 4.69) is 20.6 Å². The lowest BCUT2D eigenvalue weighted by molar-refractivity contribution is -0.145. The van der Waals surface area contributed by atoms with Gasteiger partial charge < -0.3 is 15.7 Å². The van der Waals surface area contributed by atoms with Crippen molar-refractivity contribution >= 4 is 24.1 Å². The van der Waals surface area contributed by atoms with Gasteiger partial charge in [0, 0.05) is 0 Å². The van der Waals surface area contributed by atoms with Crippen molar-refractivity contribution in [3.63, 3.8) is 0 Å². The van der Waals surface area contributed by atoms with Crippen molar-refractivity contribution in [2.24, 2.45) is 15.7 Å². The van der Waals surface area contributed by atoms with Crippen molar-refractivity contribution in [3.05, 3.63) is 0 Å². The SMILES string of the molecule is NC1N=C2NC=NC2(C(=O)O)C(=O)N1. The molecule has 0 radical (unpaired) electrons. The van der Waals surface area contributed by atoms with E-state index in [9.17, 15) is 9.59 Å². The van der Waals surface area contributed by atoms with Gasteiger partial charge in [-0.2, -0.15) is 0 Å². The number of aliphatic carboxylic acids is 1. The maximum absolute atomic E-state index is 11.4. The van der Waals surface area contributed by atoms with Crippen LogP contribution in [0.3, 0.4) is 0 Å². The number of hydrogen-bond donors (Lipinski definition) is 4. The minimum Gasteiger partial charge on any atom is -0.479 e. The molecule has 0 saturated heterocycles. The van der Waals surface area contributed by atoms with Gasteiger partial charge in [0.2, 0.25) is 0 Å². The molecule has 0 bridgehead atoms. The Bertz CT molecular complexity index is 376. The molecule has 0 aromatic heterocycles. The fraction of sp³-hybridized carbons (Fsp3) is 0.333. The average Bonchev–Trinajstić information content (AvgIpc) is 2.48. The van der Waals surface area contributed by atoms with E-state index >= 15 is 0 Å². The summed E-state index contributed by atoms with van der Waals surface area (Å²) in [6, 6.07) is 0. The molecule has 5 N–H and O–H groups in total. The maximum atomic E-state index is 11.4. The molecule has 2 unspecified atom stereocenters. The average molecular weight is 197 g/mol. The van der Waals surface area contributed by atoms with Crippen molar-refractivity contribution < 1.29 is 14.7 Å². The third-order valence-corrected chi connectivity index (χ3v) is 1.99. The molecule has 2 rings (SSSR count). The van der Waals surface area contributed by atoms with Gasteiger partial charge >= 0.3 is 5.97 Å². The third-order valence-electron chi connectivity index (χ3n) is 1.99. The number of nitrogens with one attached hydrogen (secondary N) is 2. The molecule has 0 saturated carbocycles. The summed E-state index contributed by atoms with van der Waals surface area (Å²) in [4.78, 5) is 29.7. The molecule has 8 nitrogen and oxygen atoms in total. The fourth-order valence-electron chi connectivity index (χ4n) is 1.32. The Hall–Kier alpha value is -1.96. The minimum atomic E-state index is -1.98. The quantitative estimate of drug-likeness (QED) is 0.338. The molecule has 14 heavy (non-hydrogen) atoms. The number of nitrogens with two attached hydrogens (primary N) is 1. The summed E-state index contributed by atoms with van der Waals surface area (Å²) in [5, 5.41) is 13.6. The van der Waals surface area contributed by atoms with E-state index in [0.29, 0.717) is 0 Å². The zero-order valence-electron chi connectivity index (χ0n) is 6.89. The molecule has 0 aromatic carbocycles. The number of carbonyl (C=O) groups is 2. The van der Waals surface area contributed by atoms with Crippen LogP contribution in [-0.4, -0.2) is 41.0 Å². The van der Waals surface area contributed by atoms with Gasteiger partial charge in [0.25, 0.3) is 11.4 Å². The number of amides is 1. The standard InChI is InChI=1S/C6H7N5O3/c7-5-10-2-6(4(13)14,3(12)11-5)9-1-8-2/h1,5H,7H2,(H,11,12)(H,13,14)(H,8,9,10). The van der Waals surface area contributed by atoms with Crippen LogP contribution in [0.5, 0.6) is 0 Å². The predicted molar refractivity (Wildman–Crippen MR) is 45.5 cm³/mol. The first kappa shape index (κ1) is 8.63. The number of nitrogens with zero attached hydrogens (tertiary/aromatic N) is 2. The molecule has 74 valence electrons. The maximum Gasteiger partial charge on any atom is 0.349 e. The second kappa shape index (κ2) is 2.51. The smallest absolute Gasteiger partial charge is 0.349 e. The van der Waals surface area contributed by atoms with E-state index in [1.807, 2.05) is 0 Å². The van der Waals surface area contributed by atoms with E-state index in [0.717, 1.165) is 6.34 Å². The number of rotatable bonds is 1. The highest BCUT2D eigenvalue weighted by molar-refractivity contribution is 6.32. The Kier molecular flexibility index (Phi) is 1.55. The number of fused-ring (bicyclic) bond motifs is 1. The van der Waals surface area contributed by atoms with Crippen molar-refractivity contribution in [1.29, 1.82) is 0 Å². The Labute approximate surface area is 77.9 Å². The lowest BCUT2D eigenvalue weighted by atomic mass is 9.97. The summed E-state index contributed by atoms with van der Waals surface area (Å²) >= 11 is 0. The largest absolute Gasteiger partial charge is 0.479 e. The number of carboxylic acids is 1. The van der Waals surface area contributed by atoms with E-state index < -0.39 is 23.7 Å². The van der Waals surface area contributed by atoms with Crippen LogP contribution < -0.4 is 16.4 Å². The topological polar surface area (TPSA) is 129 Å². The van der Waals surface area contributed by atoms with Gasteiger partial charge in [-0.15, -0.1) is 0 Å². The molecular weight excluding hydrogens is 190 g/mol. The van der Waals surface area contributed by atoms with Crippen LogP contribution in [-0.2, 0) is 9.59 Å². The normalized spacial score (nSPS) is 34.2. The van der Waals surface area contributed by atoms with Gasteiger partial charge in [0.15, 0.2) is 12.1 Å². The lowest BCUT2D eigenvalue weighted by Crippen LogP contribution is -2.64. The van der Waals surface area contributed by atoms with Crippen molar-refractivity contribution in [2.75, 3.05) is 0 Å². The van der Waals surface area contributed by atoms with Crippen molar-refractivity contribution in [2.45, 2.75) is 11.8 Å². The summed E-state index contributed by atoms with van der Waals surface area (Å²) in [6.07, 6.45) is 0.184. The number of carbonyl (C=O) groups excluding carboxylic acids is 1.